The summed E-state index contributed by atoms with van der Waals surface area (Å²) in [6, 6.07) is 5.70. The highest BCUT2D eigenvalue weighted by atomic mass is 16.5. The zero-order valence-corrected chi connectivity index (χ0v) is 14.2. The van der Waals surface area contributed by atoms with Crippen LogP contribution in [0.5, 0.6) is 5.75 Å². The van der Waals surface area contributed by atoms with Gasteiger partial charge in [0.15, 0.2) is 0 Å². The number of nitrogens with one attached hydrogen (secondary N) is 1. The highest BCUT2D eigenvalue weighted by Crippen LogP contribution is 2.39. The molecule has 132 valence electrons. The predicted octanol–water partition coefficient (Wildman–Crippen LogP) is 1.56. The number of hydrogen-bond acceptors (Lipinski definition) is 6. The fourth-order valence-electron chi connectivity index (χ4n) is 3.84. The molecule has 2 aromatic rings. The molecule has 7 nitrogen and oxygen atoms in total. The molecule has 2 heterocycles. The molecule has 2 atom stereocenters. The molecule has 1 aliphatic heterocycles. The number of carbonyl (C=O) groups excluding carboxylic acids is 1. The van der Waals surface area contributed by atoms with Crippen LogP contribution >= 0.6 is 0 Å². The van der Waals surface area contributed by atoms with Crippen molar-refractivity contribution in [3.8, 4) is 5.75 Å². The van der Waals surface area contributed by atoms with Crippen LogP contribution in [0.4, 0.5) is 11.5 Å². The first-order chi connectivity index (χ1) is 12.1. The fraction of sp³-hybridized carbons (Fsp3) is 0.444. The number of nitrogens with two attached hydrogens (primary N) is 1. The summed E-state index contributed by atoms with van der Waals surface area (Å²) in [4.78, 5) is 13.2. The van der Waals surface area contributed by atoms with Gasteiger partial charge in [-0.2, -0.15) is 9.78 Å². The molecule has 0 saturated heterocycles. The Kier molecular flexibility index (Phi) is 3.88. The molecular weight excluding hydrogens is 320 g/mol. The van der Waals surface area contributed by atoms with Crippen LogP contribution in [0, 0.1) is 0 Å². The van der Waals surface area contributed by atoms with E-state index in [0.717, 1.165) is 28.3 Å². The number of anilines is 2. The second-order valence-corrected chi connectivity index (χ2v) is 6.65. The third-order valence-corrected chi connectivity index (χ3v) is 5.16. The van der Waals surface area contributed by atoms with Crippen molar-refractivity contribution in [2.24, 2.45) is 0 Å². The summed E-state index contributed by atoms with van der Waals surface area (Å²) < 4.78 is 6.73. The van der Waals surface area contributed by atoms with Gasteiger partial charge in [-0.15, -0.1) is 0 Å². The van der Waals surface area contributed by atoms with Crippen molar-refractivity contribution in [3.05, 3.63) is 35.0 Å². The van der Waals surface area contributed by atoms with Gasteiger partial charge in [0.05, 0.1) is 30.5 Å². The SMILES string of the molecule is COc1cccc2c1NCCC2C(=O)n1nc2c(c1N)CC(O)CC2. The summed E-state index contributed by atoms with van der Waals surface area (Å²) in [5.41, 5.74) is 9.61. The molecule has 0 bridgehead atoms. The lowest BCUT2D eigenvalue weighted by Crippen LogP contribution is -2.28. The highest BCUT2D eigenvalue weighted by Gasteiger charge is 2.33. The molecular formula is C18H22N4O3. The van der Waals surface area contributed by atoms with Crippen molar-refractivity contribution >= 4 is 17.4 Å². The van der Waals surface area contributed by atoms with Crippen molar-refractivity contribution < 1.29 is 14.6 Å². The van der Waals surface area contributed by atoms with Crippen molar-refractivity contribution in [2.75, 3.05) is 24.7 Å². The lowest BCUT2D eigenvalue weighted by molar-refractivity contribution is 0.0859. The maximum atomic E-state index is 13.2. The number of nitrogens with zero attached hydrogens (tertiary/aromatic N) is 2. The quantitative estimate of drug-likeness (QED) is 0.765. The van der Waals surface area contributed by atoms with Gasteiger partial charge in [-0.1, -0.05) is 12.1 Å². The molecule has 1 aromatic heterocycles. The van der Waals surface area contributed by atoms with E-state index in [-0.39, 0.29) is 11.8 Å². The molecule has 4 rings (SSSR count). The average Bonchev–Trinajstić information content (AvgIpc) is 2.96. The summed E-state index contributed by atoms with van der Waals surface area (Å²) in [7, 11) is 1.62. The van der Waals surface area contributed by atoms with E-state index in [1.165, 1.54) is 4.68 Å². The summed E-state index contributed by atoms with van der Waals surface area (Å²) in [5.74, 6) is 0.643. The number of benzene rings is 1. The molecule has 4 N–H and O–H groups in total. The third-order valence-electron chi connectivity index (χ3n) is 5.16. The standard InChI is InChI=1S/C18H22N4O3/c1-25-15-4-2-3-11-12(7-8-20-16(11)15)18(24)22-17(19)13-9-10(23)5-6-14(13)21-22/h2-4,10,12,20,23H,5-9,19H2,1H3. The molecule has 7 heteroatoms. The number of carbonyl (C=O) groups is 1. The summed E-state index contributed by atoms with van der Waals surface area (Å²) in [6.45, 7) is 0.684. The zero-order chi connectivity index (χ0) is 17.6. The molecule has 0 saturated carbocycles. The first-order valence-corrected chi connectivity index (χ1v) is 8.59. The Morgan fingerprint density at radius 2 is 2.28 bits per heavy atom. The molecule has 2 unspecified atom stereocenters. The van der Waals surface area contributed by atoms with Gasteiger partial charge >= 0.3 is 0 Å². The van der Waals surface area contributed by atoms with Gasteiger partial charge in [0.2, 0.25) is 0 Å². The number of rotatable bonds is 2. The van der Waals surface area contributed by atoms with Crippen LogP contribution in [0.25, 0.3) is 0 Å². The molecule has 1 aliphatic carbocycles. The first-order valence-electron chi connectivity index (χ1n) is 8.59. The zero-order valence-electron chi connectivity index (χ0n) is 14.2. The maximum Gasteiger partial charge on any atom is 0.256 e. The second kappa shape index (κ2) is 6.07. The summed E-state index contributed by atoms with van der Waals surface area (Å²) >= 11 is 0. The van der Waals surface area contributed by atoms with Crippen LogP contribution in [0.1, 0.15) is 40.4 Å². The van der Waals surface area contributed by atoms with Crippen molar-refractivity contribution in [1.82, 2.24) is 9.78 Å². The van der Waals surface area contributed by atoms with Gasteiger partial charge in [0.25, 0.3) is 5.91 Å². The van der Waals surface area contributed by atoms with E-state index >= 15 is 0 Å². The predicted molar refractivity (Wildman–Crippen MR) is 94.1 cm³/mol. The monoisotopic (exact) mass is 342 g/mol. The Hall–Kier alpha value is -2.54. The summed E-state index contributed by atoms with van der Waals surface area (Å²) in [5, 5.41) is 17.6. The Morgan fingerprint density at radius 1 is 1.44 bits per heavy atom. The number of aryl methyl sites for hydroxylation is 1. The summed E-state index contributed by atoms with van der Waals surface area (Å²) in [6.07, 6.45) is 2.03. The molecule has 25 heavy (non-hydrogen) atoms. The van der Waals surface area contributed by atoms with Crippen molar-refractivity contribution in [3.63, 3.8) is 0 Å². The van der Waals surface area contributed by atoms with Crippen molar-refractivity contribution in [1.29, 1.82) is 0 Å². The fourth-order valence-corrected chi connectivity index (χ4v) is 3.84. The van der Waals surface area contributed by atoms with Gasteiger partial charge in [-0.3, -0.25) is 4.79 Å². The number of aliphatic hydroxyl groups excluding tert-OH is 1. The molecule has 0 fully saturated rings. The van der Waals surface area contributed by atoms with E-state index in [1.54, 1.807) is 7.11 Å². The van der Waals surface area contributed by atoms with Gasteiger partial charge in [-0.05, 0) is 30.9 Å². The van der Waals surface area contributed by atoms with Crippen LogP contribution < -0.4 is 15.8 Å². The number of fused-ring (bicyclic) bond motifs is 2. The topological polar surface area (TPSA) is 102 Å². The highest BCUT2D eigenvalue weighted by molar-refractivity contribution is 5.91. The number of para-hydroxylation sites is 1. The van der Waals surface area contributed by atoms with E-state index in [4.69, 9.17) is 10.5 Å². The molecule has 1 aromatic carbocycles. The number of methoxy groups -OCH3 is 1. The Labute approximate surface area is 145 Å². The lowest BCUT2D eigenvalue weighted by Gasteiger charge is -2.27. The second-order valence-electron chi connectivity index (χ2n) is 6.65. The minimum Gasteiger partial charge on any atom is -0.495 e. The number of aromatic nitrogens is 2. The van der Waals surface area contributed by atoms with E-state index in [0.29, 0.717) is 38.0 Å². The third kappa shape index (κ3) is 2.55. The smallest absolute Gasteiger partial charge is 0.256 e. The van der Waals surface area contributed by atoms with Crippen LogP contribution in [-0.4, -0.2) is 40.6 Å². The van der Waals surface area contributed by atoms with E-state index in [2.05, 4.69) is 10.4 Å². The molecule has 0 spiro atoms. The van der Waals surface area contributed by atoms with Gasteiger partial charge in [0, 0.05) is 18.5 Å². The number of ether oxygens (including phenoxy) is 1. The Balaban J connectivity index is 1.72. The number of aliphatic hydroxyl groups is 1. The Morgan fingerprint density at radius 3 is 3.08 bits per heavy atom. The van der Waals surface area contributed by atoms with Crippen LogP contribution in [0.15, 0.2) is 18.2 Å². The maximum absolute atomic E-state index is 13.2. The molecule has 0 radical (unpaired) electrons. The van der Waals surface area contributed by atoms with Gasteiger partial charge < -0.3 is 20.9 Å². The average molecular weight is 342 g/mol. The van der Waals surface area contributed by atoms with Crippen molar-refractivity contribution in [2.45, 2.75) is 37.7 Å². The molecule has 2 aliphatic rings. The minimum atomic E-state index is -0.411. The first kappa shape index (κ1) is 16.0. The van der Waals surface area contributed by atoms with E-state index in [1.807, 2.05) is 18.2 Å². The lowest BCUT2D eigenvalue weighted by atomic mass is 9.90. The van der Waals surface area contributed by atoms with Crippen LogP contribution in [-0.2, 0) is 12.8 Å². The normalized spacial score (nSPS) is 21.8. The van der Waals surface area contributed by atoms with E-state index in [9.17, 15) is 9.90 Å². The van der Waals surface area contributed by atoms with E-state index < -0.39 is 6.10 Å². The van der Waals surface area contributed by atoms with Crippen LogP contribution in [0.3, 0.4) is 0 Å². The number of nitrogen functional groups attached to an aromatic ring is 1. The van der Waals surface area contributed by atoms with Gasteiger partial charge in [-0.25, -0.2) is 0 Å². The van der Waals surface area contributed by atoms with Gasteiger partial charge in [0.1, 0.15) is 11.6 Å². The molecule has 0 amide bonds. The minimum absolute atomic E-state index is 0.127. The number of hydrogen-bond donors (Lipinski definition) is 3. The largest absolute Gasteiger partial charge is 0.495 e. The van der Waals surface area contributed by atoms with Crippen LogP contribution in [0.2, 0.25) is 0 Å². The Bertz CT molecular complexity index is 830.